The summed E-state index contributed by atoms with van der Waals surface area (Å²) in [6, 6.07) is 6.40. The monoisotopic (exact) mass is 610 g/mol. The molecule has 1 fully saturated rings. The molecule has 0 spiro atoms. The lowest BCUT2D eigenvalue weighted by Gasteiger charge is -2.35. The molecule has 3 aromatic heterocycles. The van der Waals surface area contributed by atoms with E-state index in [1.54, 1.807) is 6.92 Å². The number of anilines is 1. The quantitative estimate of drug-likeness (QED) is 0.225. The molecule has 222 valence electrons. The van der Waals surface area contributed by atoms with Crippen molar-refractivity contribution in [3.05, 3.63) is 60.1 Å². The molecule has 1 aliphatic carbocycles. The Kier molecular flexibility index (Phi) is 7.46. The number of carbonyl (C=O) groups excluding carboxylic acids is 1. The van der Waals surface area contributed by atoms with Crippen LogP contribution in [0.1, 0.15) is 30.7 Å². The number of halogens is 3. The third-order valence-corrected chi connectivity index (χ3v) is 7.98. The zero-order valence-corrected chi connectivity index (χ0v) is 24.0. The maximum Gasteiger partial charge on any atom is 0.412 e. The molecule has 0 unspecified atom stereocenters. The highest BCUT2D eigenvalue weighted by Gasteiger charge is 2.45. The lowest BCUT2D eigenvalue weighted by molar-refractivity contribution is -0.114. The van der Waals surface area contributed by atoms with Crippen molar-refractivity contribution in [2.75, 3.05) is 12.4 Å². The van der Waals surface area contributed by atoms with Gasteiger partial charge in [0.2, 0.25) is 5.88 Å². The van der Waals surface area contributed by atoms with Gasteiger partial charge in [-0.05, 0) is 38.0 Å². The number of methoxy groups -OCH3 is 1. The number of hydrogen-bond acceptors (Lipinski definition) is 10. The van der Waals surface area contributed by atoms with Crippen LogP contribution in [-0.4, -0.2) is 56.3 Å². The topological polar surface area (TPSA) is 121 Å². The van der Waals surface area contributed by atoms with Crippen LogP contribution in [0.15, 0.2) is 42.9 Å². The van der Waals surface area contributed by atoms with E-state index in [0.29, 0.717) is 43.5 Å². The highest BCUT2D eigenvalue weighted by Crippen LogP contribution is 2.40. The zero-order valence-electron chi connectivity index (χ0n) is 23.2. The van der Waals surface area contributed by atoms with Gasteiger partial charge in [-0.1, -0.05) is 0 Å². The van der Waals surface area contributed by atoms with E-state index in [4.69, 9.17) is 14.2 Å². The van der Waals surface area contributed by atoms with E-state index in [-0.39, 0.29) is 17.9 Å². The van der Waals surface area contributed by atoms with Crippen LogP contribution in [0, 0.1) is 19.7 Å². The van der Waals surface area contributed by atoms with E-state index in [2.05, 4.69) is 30.2 Å². The number of thiazole rings is 1. The van der Waals surface area contributed by atoms with Gasteiger partial charge in [-0.15, -0.1) is 11.3 Å². The maximum absolute atomic E-state index is 15.3. The first-order valence-electron chi connectivity index (χ1n) is 13.3. The van der Waals surface area contributed by atoms with Gasteiger partial charge in [-0.25, -0.2) is 42.9 Å². The van der Waals surface area contributed by atoms with Crippen molar-refractivity contribution in [2.24, 2.45) is 0 Å². The van der Waals surface area contributed by atoms with Crippen LogP contribution in [0.3, 0.4) is 0 Å². The van der Waals surface area contributed by atoms with Gasteiger partial charge in [-0.3, -0.25) is 5.32 Å². The number of aryl methyl sites for hydroxylation is 2. The third-order valence-electron chi connectivity index (χ3n) is 6.92. The lowest BCUT2D eigenvalue weighted by Crippen LogP contribution is -2.45. The minimum Gasteiger partial charge on any atom is -0.483 e. The van der Waals surface area contributed by atoms with Crippen LogP contribution >= 0.6 is 11.3 Å². The van der Waals surface area contributed by atoms with Gasteiger partial charge >= 0.3 is 6.09 Å². The molecule has 5 aromatic rings. The Hall–Kier alpha value is -4.59. The molecular formula is C29H25F3N6O4S. The maximum atomic E-state index is 15.3. The predicted octanol–water partition coefficient (Wildman–Crippen LogP) is 6.64. The van der Waals surface area contributed by atoms with Crippen LogP contribution in [0.4, 0.5) is 23.7 Å². The average Bonchev–Trinajstić information content (AvgIpc) is 3.37. The van der Waals surface area contributed by atoms with Gasteiger partial charge in [0.05, 0.1) is 59.1 Å². The summed E-state index contributed by atoms with van der Waals surface area (Å²) in [5.41, 5.74) is 3.48. The highest BCUT2D eigenvalue weighted by molar-refractivity contribution is 7.21. The fourth-order valence-electron chi connectivity index (χ4n) is 4.87. The Morgan fingerprint density at radius 1 is 1.02 bits per heavy atom. The first-order valence-corrected chi connectivity index (χ1v) is 14.1. The van der Waals surface area contributed by atoms with Gasteiger partial charge in [-0.2, -0.15) is 0 Å². The molecule has 3 heterocycles. The summed E-state index contributed by atoms with van der Waals surface area (Å²) < 4.78 is 61.1. The number of amides is 1. The molecule has 0 bridgehead atoms. The molecule has 43 heavy (non-hydrogen) atoms. The number of benzene rings is 2. The summed E-state index contributed by atoms with van der Waals surface area (Å²) >= 11 is 1.27. The van der Waals surface area contributed by atoms with Gasteiger partial charge in [0, 0.05) is 24.1 Å². The standard InChI is InChI=1S/C29H25F3N6O4S/c1-14-6-17(26-20(7-14)37-25(40-3)13-35-26)27-38-19-8-18(30)22(9-24(19)43-27)41-23-10-29(31,32)5-4-21(23)42-28(39)36-16-11-33-15(2)34-12-16/h6-9,11-13,21,23H,4-5,10H2,1-3H3,(H,36,39)/t21-,23+/m1/s1. The first-order chi connectivity index (χ1) is 20.6. The minimum absolute atomic E-state index is 0.170. The first kappa shape index (κ1) is 28.5. The van der Waals surface area contributed by atoms with E-state index in [0.717, 1.165) is 5.56 Å². The van der Waals surface area contributed by atoms with Crippen LogP contribution in [0.2, 0.25) is 0 Å². The van der Waals surface area contributed by atoms with Crippen LogP contribution in [0.25, 0.3) is 31.8 Å². The summed E-state index contributed by atoms with van der Waals surface area (Å²) in [5.74, 6) is -3.22. The van der Waals surface area contributed by atoms with Gasteiger partial charge in [0.1, 0.15) is 23.0 Å². The van der Waals surface area contributed by atoms with Crippen molar-refractivity contribution in [1.29, 1.82) is 0 Å². The molecule has 0 aliphatic heterocycles. The number of aromatic nitrogens is 5. The van der Waals surface area contributed by atoms with Crippen molar-refractivity contribution in [1.82, 2.24) is 24.9 Å². The predicted molar refractivity (Wildman–Crippen MR) is 153 cm³/mol. The molecule has 10 nitrogen and oxygen atoms in total. The molecule has 1 aliphatic rings. The average molecular weight is 611 g/mol. The van der Waals surface area contributed by atoms with E-state index in [1.807, 2.05) is 19.1 Å². The molecular weight excluding hydrogens is 585 g/mol. The van der Waals surface area contributed by atoms with Gasteiger partial charge in [0.25, 0.3) is 5.92 Å². The van der Waals surface area contributed by atoms with Gasteiger partial charge in [0.15, 0.2) is 11.6 Å². The normalized spacial score (nSPS) is 18.0. The number of nitrogens with one attached hydrogen (secondary N) is 1. The summed E-state index contributed by atoms with van der Waals surface area (Å²) in [7, 11) is 1.51. The number of fused-ring (bicyclic) bond motifs is 2. The number of alkyl halides is 2. The molecule has 2 aromatic carbocycles. The van der Waals surface area contributed by atoms with Crippen LogP contribution < -0.4 is 14.8 Å². The Morgan fingerprint density at radius 2 is 1.81 bits per heavy atom. The highest BCUT2D eigenvalue weighted by atomic mass is 32.1. The molecule has 0 radical (unpaired) electrons. The van der Waals surface area contributed by atoms with E-state index in [1.165, 1.54) is 49.2 Å². The van der Waals surface area contributed by atoms with Crippen molar-refractivity contribution in [2.45, 2.75) is 51.2 Å². The van der Waals surface area contributed by atoms with Crippen molar-refractivity contribution in [3.8, 4) is 22.2 Å². The second-order valence-electron chi connectivity index (χ2n) is 10.2. The molecule has 14 heteroatoms. The number of rotatable bonds is 6. The Labute approximate surface area is 247 Å². The third kappa shape index (κ3) is 6.14. The minimum atomic E-state index is -3.07. The van der Waals surface area contributed by atoms with Crippen molar-refractivity contribution < 1.29 is 32.2 Å². The Morgan fingerprint density at radius 3 is 2.58 bits per heavy atom. The molecule has 6 rings (SSSR count). The fourth-order valence-corrected chi connectivity index (χ4v) is 5.86. The molecule has 2 atom stereocenters. The van der Waals surface area contributed by atoms with Crippen LogP contribution in [-0.2, 0) is 4.74 Å². The molecule has 1 saturated carbocycles. The number of hydrogen-bond donors (Lipinski definition) is 1. The summed E-state index contributed by atoms with van der Waals surface area (Å²) in [6.45, 7) is 3.60. The largest absolute Gasteiger partial charge is 0.483 e. The number of nitrogens with zero attached hydrogens (tertiary/aromatic N) is 5. The SMILES string of the molecule is COc1cnc2c(-c3nc4cc(F)c(O[C@H]5CC(F)(F)CC[C@H]5OC(=O)Nc5cnc(C)nc5)cc4s3)cc(C)cc2n1. The van der Waals surface area contributed by atoms with Crippen molar-refractivity contribution in [3.63, 3.8) is 0 Å². The zero-order chi connectivity index (χ0) is 30.3. The lowest BCUT2D eigenvalue weighted by atomic mass is 9.91. The summed E-state index contributed by atoms with van der Waals surface area (Å²) in [5, 5.41) is 3.04. The smallest absolute Gasteiger partial charge is 0.412 e. The second kappa shape index (κ2) is 11.2. The summed E-state index contributed by atoms with van der Waals surface area (Å²) in [6.07, 6.45) is -0.359. The van der Waals surface area contributed by atoms with Crippen LogP contribution in [0.5, 0.6) is 11.6 Å². The van der Waals surface area contributed by atoms with E-state index in [9.17, 15) is 13.6 Å². The second-order valence-corrected chi connectivity index (χ2v) is 11.2. The fraction of sp³-hybridized carbons (Fsp3) is 0.310. The van der Waals surface area contributed by atoms with Gasteiger partial charge < -0.3 is 14.2 Å². The number of ether oxygens (including phenoxy) is 3. The van der Waals surface area contributed by atoms with Crippen molar-refractivity contribution >= 4 is 44.4 Å². The Balaban J connectivity index is 1.27. The number of carbonyl (C=O) groups is 1. The van der Waals surface area contributed by atoms with E-state index < -0.39 is 42.9 Å². The molecule has 1 N–H and O–H groups in total. The molecule has 0 saturated heterocycles. The van der Waals surface area contributed by atoms with E-state index >= 15 is 4.39 Å². The molecule has 1 amide bonds. The summed E-state index contributed by atoms with van der Waals surface area (Å²) in [4.78, 5) is 34.0. The Bertz CT molecular complexity index is 1840.